The molecule has 3 aromatic rings. The number of anilines is 1. The van der Waals surface area contributed by atoms with Crippen molar-refractivity contribution in [3.63, 3.8) is 0 Å². The monoisotopic (exact) mass is 438 g/mol. The summed E-state index contributed by atoms with van der Waals surface area (Å²) < 4.78 is 1.67. The number of nitrogens with zero attached hydrogens (tertiary/aromatic N) is 2. The van der Waals surface area contributed by atoms with Gasteiger partial charge >= 0.3 is 0 Å². The zero-order valence-electron chi connectivity index (χ0n) is 14.4. The minimum atomic E-state index is 0.0500. The zero-order chi connectivity index (χ0) is 19.4. The lowest BCUT2D eigenvalue weighted by Crippen LogP contribution is -2.31. The van der Waals surface area contributed by atoms with E-state index in [0.717, 1.165) is 11.1 Å². The first-order chi connectivity index (χ1) is 12.9. The van der Waals surface area contributed by atoms with Gasteiger partial charge in [-0.05, 0) is 36.8 Å². The van der Waals surface area contributed by atoms with Crippen molar-refractivity contribution in [2.75, 3.05) is 5.32 Å². The number of halogens is 3. The van der Waals surface area contributed by atoms with E-state index in [2.05, 4.69) is 15.7 Å². The van der Waals surface area contributed by atoms with Crippen molar-refractivity contribution in [3.8, 4) is 0 Å². The van der Waals surface area contributed by atoms with Crippen molar-refractivity contribution in [2.24, 2.45) is 0 Å². The molecule has 1 aromatic heterocycles. The average Bonchev–Trinajstić information content (AvgIpc) is 2.98. The first-order valence-electron chi connectivity index (χ1n) is 8.22. The molecule has 1 atom stereocenters. The molecule has 0 aliphatic carbocycles. The normalized spacial score (nSPS) is 11.9. The fraction of sp³-hybridized carbons (Fsp3) is 0.158. The molecule has 0 aliphatic heterocycles. The Bertz CT molecular complexity index is 923. The van der Waals surface area contributed by atoms with Crippen LogP contribution >= 0.6 is 47.0 Å². The van der Waals surface area contributed by atoms with Crippen LogP contribution in [0.15, 0.2) is 54.7 Å². The summed E-state index contributed by atoms with van der Waals surface area (Å²) in [4.78, 5) is 0. The highest BCUT2D eigenvalue weighted by Gasteiger charge is 2.13. The third-order valence-corrected chi connectivity index (χ3v) is 5.18. The van der Waals surface area contributed by atoms with E-state index in [4.69, 9.17) is 47.0 Å². The minimum Gasteiger partial charge on any atom is -0.356 e. The highest BCUT2D eigenvalue weighted by molar-refractivity contribution is 7.80. The number of aromatic nitrogens is 2. The lowest BCUT2D eigenvalue weighted by molar-refractivity contribution is 0.689. The van der Waals surface area contributed by atoms with Gasteiger partial charge < -0.3 is 10.6 Å². The number of thiocarbonyl (C=S) groups is 1. The third kappa shape index (κ3) is 5.14. The van der Waals surface area contributed by atoms with Crippen molar-refractivity contribution >= 4 is 58.0 Å². The molecule has 0 amide bonds. The highest BCUT2D eigenvalue weighted by atomic mass is 35.5. The Balaban J connectivity index is 1.67. The molecule has 0 radical (unpaired) electrons. The van der Waals surface area contributed by atoms with E-state index >= 15 is 0 Å². The van der Waals surface area contributed by atoms with Crippen LogP contribution < -0.4 is 10.6 Å². The topological polar surface area (TPSA) is 41.9 Å². The van der Waals surface area contributed by atoms with Gasteiger partial charge in [-0.25, -0.2) is 0 Å². The summed E-state index contributed by atoms with van der Waals surface area (Å²) in [5, 5.41) is 12.7. The number of hydrogen-bond acceptors (Lipinski definition) is 2. The molecule has 27 heavy (non-hydrogen) atoms. The van der Waals surface area contributed by atoms with Gasteiger partial charge in [0.2, 0.25) is 0 Å². The lowest BCUT2D eigenvalue weighted by Gasteiger charge is -2.16. The van der Waals surface area contributed by atoms with Gasteiger partial charge in [0.05, 0.1) is 12.6 Å². The smallest absolute Gasteiger partial charge is 0.173 e. The number of benzene rings is 2. The van der Waals surface area contributed by atoms with Gasteiger partial charge in [0.1, 0.15) is 5.02 Å². The molecule has 0 fully saturated rings. The maximum absolute atomic E-state index is 6.29. The van der Waals surface area contributed by atoms with E-state index in [9.17, 15) is 0 Å². The molecular formula is C19H17Cl3N4S. The molecule has 1 unspecified atom stereocenters. The molecule has 1 heterocycles. The number of hydrogen-bond donors (Lipinski definition) is 2. The van der Waals surface area contributed by atoms with Crippen LogP contribution in [0.5, 0.6) is 0 Å². The molecule has 0 aliphatic rings. The van der Waals surface area contributed by atoms with Crippen LogP contribution in [0, 0.1) is 0 Å². The van der Waals surface area contributed by atoms with Crippen LogP contribution in [0.25, 0.3) is 0 Å². The third-order valence-electron chi connectivity index (χ3n) is 3.98. The van der Waals surface area contributed by atoms with Gasteiger partial charge in [-0.1, -0.05) is 71.2 Å². The Hall–Kier alpha value is -1.79. The van der Waals surface area contributed by atoms with E-state index in [1.165, 1.54) is 0 Å². The molecule has 2 N–H and O–H groups in total. The zero-order valence-corrected chi connectivity index (χ0v) is 17.5. The van der Waals surface area contributed by atoms with Gasteiger partial charge in [0.25, 0.3) is 0 Å². The van der Waals surface area contributed by atoms with Gasteiger partial charge in [-0.15, -0.1) is 0 Å². The molecule has 0 saturated heterocycles. The van der Waals surface area contributed by atoms with E-state index in [0.29, 0.717) is 32.5 Å². The summed E-state index contributed by atoms with van der Waals surface area (Å²) in [5.74, 6) is 0.470. The van der Waals surface area contributed by atoms with Crippen molar-refractivity contribution in [2.45, 2.75) is 19.5 Å². The van der Waals surface area contributed by atoms with Crippen LogP contribution in [0.4, 0.5) is 5.82 Å². The SMILES string of the molecule is CC(NC(=S)Nc1nn(Cc2c(Cl)cccc2Cl)cc1Cl)c1ccccc1. The second-order valence-electron chi connectivity index (χ2n) is 5.95. The van der Waals surface area contributed by atoms with E-state index in [1.54, 1.807) is 29.1 Å². The Labute approximate surface area is 178 Å². The molecule has 0 spiro atoms. The summed E-state index contributed by atoms with van der Waals surface area (Å²) in [7, 11) is 0. The van der Waals surface area contributed by atoms with Gasteiger partial charge in [0, 0.05) is 21.8 Å². The Morgan fingerprint density at radius 3 is 2.37 bits per heavy atom. The van der Waals surface area contributed by atoms with E-state index in [-0.39, 0.29) is 6.04 Å². The van der Waals surface area contributed by atoms with Gasteiger partial charge in [0.15, 0.2) is 10.9 Å². The van der Waals surface area contributed by atoms with Crippen molar-refractivity contribution in [3.05, 3.63) is 80.9 Å². The Kier molecular flexibility index (Phi) is 6.60. The Morgan fingerprint density at radius 1 is 1.04 bits per heavy atom. The Morgan fingerprint density at radius 2 is 1.70 bits per heavy atom. The van der Waals surface area contributed by atoms with E-state index in [1.807, 2.05) is 37.3 Å². The average molecular weight is 440 g/mol. The fourth-order valence-electron chi connectivity index (χ4n) is 2.57. The van der Waals surface area contributed by atoms with E-state index < -0.39 is 0 Å². The molecule has 140 valence electrons. The summed E-state index contributed by atoms with van der Waals surface area (Å²) >= 11 is 24.1. The molecule has 4 nitrogen and oxygen atoms in total. The minimum absolute atomic E-state index is 0.0500. The predicted octanol–water partition coefficient (Wildman–Crippen LogP) is 5.94. The van der Waals surface area contributed by atoms with Gasteiger partial charge in [-0.3, -0.25) is 4.68 Å². The van der Waals surface area contributed by atoms with Crippen LogP contribution in [-0.2, 0) is 6.54 Å². The van der Waals surface area contributed by atoms with Crippen LogP contribution in [0.2, 0.25) is 15.1 Å². The largest absolute Gasteiger partial charge is 0.356 e. The van der Waals surface area contributed by atoms with Gasteiger partial charge in [-0.2, -0.15) is 5.10 Å². The predicted molar refractivity (Wildman–Crippen MR) is 117 cm³/mol. The second-order valence-corrected chi connectivity index (χ2v) is 7.58. The summed E-state index contributed by atoms with van der Waals surface area (Å²) in [5.41, 5.74) is 1.91. The lowest BCUT2D eigenvalue weighted by atomic mass is 10.1. The van der Waals surface area contributed by atoms with Crippen LogP contribution in [-0.4, -0.2) is 14.9 Å². The standard InChI is InChI=1S/C19H17Cl3N4S/c1-12(13-6-3-2-4-7-13)23-19(27)24-18-17(22)11-26(25-18)10-14-15(20)8-5-9-16(14)21/h2-9,11-12H,10H2,1H3,(H2,23,24,25,27). The number of nitrogens with one attached hydrogen (secondary N) is 2. The van der Waals surface area contributed by atoms with Crippen molar-refractivity contribution < 1.29 is 0 Å². The first kappa shape index (κ1) is 20.0. The summed E-state index contributed by atoms with van der Waals surface area (Å²) in [6.07, 6.45) is 1.70. The molecular weight excluding hydrogens is 423 g/mol. The second kappa shape index (κ2) is 8.93. The molecule has 8 heteroatoms. The molecule has 0 bridgehead atoms. The van der Waals surface area contributed by atoms with Crippen molar-refractivity contribution in [1.29, 1.82) is 0 Å². The van der Waals surface area contributed by atoms with Crippen molar-refractivity contribution in [1.82, 2.24) is 15.1 Å². The summed E-state index contributed by atoms with van der Waals surface area (Å²) in [6, 6.07) is 15.5. The molecule has 2 aromatic carbocycles. The summed E-state index contributed by atoms with van der Waals surface area (Å²) in [6.45, 7) is 2.43. The quantitative estimate of drug-likeness (QED) is 0.483. The van der Waals surface area contributed by atoms with Crippen LogP contribution in [0.1, 0.15) is 24.1 Å². The number of rotatable bonds is 5. The molecule has 3 rings (SSSR count). The van der Waals surface area contributed by atoms with Crippen LogP contribution in [0.3, 0.4) is 0 Å². The first-order valence-corrected chi connectivity index (χ1v) is 9.76. The maximum atomic E-state index is 6.29. The highest BCUT2D eigenvalue weighted by Crippen LogP contribution is 2.27. The maximum Gasteiger partial charge on any atom is 0.173 e. The fourth-order valence-corrected chi connectivity index (χ4v) is 3.56. The molecule has 0 saturated carbocycles.